The summed E-state index contributed by atoms with van der Waals surface area (Å²) in [7, 11) is 0. The molecule has 15 heavy (non-hydrogen) atoms. The highest BCUT2D eigenvalue weighted by Crippen LogP contribution is 2.48. The molecule has 0 saturated heterocycles. The lowest BCUT2D eigenvalue weighted by Gasteiger charge is -2.21. The molecule has 2 bridgehead atoms. The Morgan fingerprint density at radius 1 is 1.40 bits per heavy atom. The van der Waals surface area contributed by atoms with Gasteiger partial charge in [-0.2, -0.15) is 0 Å². The molecule has 0 radical (unpaired) electrons. The molecule has 2 fully saturated rings. The Morgan fingerprint density at radius 3 is 2.87 bits per heavy atom. The van der Waals surface area contributed by atoms with E-state index in [1.807, 2.05) is 22.9 Å². The van der Waals surface area contributed by atoms with Gasteiger partial charge >= 0.3 is 0 Å². The molecule has 3 atom stereocenters. The van der Waals surface area contributed by atoms with E-state index in [1.54, 1.807) is 0 Å². The number of fused-ring (bicyclic) bond motifs is 2. The number of nitrogens with one attached hydrogen (secondary N) is 1. The highest BCUT2D eigenvalue weighted by atomic mass is 127. The van der Waals surface area contributed by atoms with E-state index in [4.69, 9.17) is 4.74 Å². The second-order valence-corrected chi connectivity index (χ2v) is 5.32. The summed E-state index contributed by atoms with van der Waals surface area (Å²) in [4.78, 5) is 10.9. The summed E-state index contributed by atoms with van der Waals surface area (Å²) >= 11 is 1.86. The number of amides is 1. The number of hydrogen-bond donors (Lipinski definition) is 1. The lowest BCUT2D eigenvalue weighted by molar-refractivity contribution is -0.120. The number of rotatable bonds is 5. The summed E-state index contributed by atoms with van der Waals surface area (Å²) in [6.45, 7) is 1.44. The van der Waals surface area contributed by atoms with E-state index in [-0.39, 0.29) is 5.91 Å². The summed E-state index contributed by atoms with van der Waals surface area (Å²) in [5.74, 6) is 2.75. The minimum absolute atomic E-state index is 0.0588. The molecule has 2 rings (SSSR count). The van der Waals surface area contributed by atoms with Crippen molar-refractivity contribution in [2.75, 3.05) is 13.2 Å². The van der Waals surface area contributed by atoms with Crippen molar-refractivity contribution in [1.82, 2.24) is 3.53 Å². The van der Waals surface area contributed by atoms with Gasteiger partial charge in [-0.1, -0.05) is 6.42 Å². The number of hydrogen-bond acceptors (Lipinski definition) is 2. The molecule has 3 nitrogen and oxygen atoms in total. The van der Waals surface area contributed by atoms with Crippen molar-refractivity contribution in [3.63, 3.8) is 0 Å². The second kappa shape index (κ2) is 5.48. The molecule has 0 aromatic carbocycles. The molecule has 2 aliphatic carbocycles. The SMILES string of the molecule is O=C(CCOCC1CC2CCC1C2)NI. The van der Waals surface area contributed by atoms with Crippen LogP contribution in [0.25, 0.3) is 0 Å². The van der Waals surface area contributed by atoms with Crippen LogP contribution in [-0.4, -0.2) is 19.1 Å². The second-order valence-electron chi connectivity index (χ2n) is 4.78. The van der Waals surface area contributed by atoms with Gasteiger partial charge in [0.15, 0.2) is 0 Å². The largest absolute Gasteiger partial charge is 0.381 e. The van der Waals surface area contributed by atoms with Gasteiger partial charge in [-0.05, 0) is 37.0 Å². The van der Waals surface area contributed by atoms with E-state index in [0.29, 0.717) is 13.0 Å². The molecular weight excluding hydrogens is 305 g/mol. The standard InChI is InChI=1S/C11H18INO2/c12-13-11(14)3-4-15-7-10-6-8-1-2-9(10)5-8/h8-10H,1-7H2,(H,13,14). The van der Waals surface area contributed by atoms with Crippen molar-refractivity contribution < 1.29 is 9.53 Å². The van der Waals surface area contributed by atoms with Gasteiger partial charge in [0.1, 0.15) is 0 Å². The first-order chi connectivity index (χ1) is 7.29. The minimum atomic E-state index is 0.0588. The summed E-state index contributed by atoms with van der Waals surface area (Å²) in [5.41, 5.74) is 0. The van der Waals surface area contributed by atoms with Crippen LogP contribution in [0.5, 0.6) is 0 Å². The van der Waals surface area contributed by atoms with Crippen molar-refractivity contribution in [3.05, 3.63) is 0 Å². The molecule has 0 heterocycles. The Kier molecular flexibility index (Phi) is 4.25. The van der Waals surface area contributed by atoms with E-state index >= 15 is 0 Å². The number of halogens is 1. The van der Waals surface area contributed by atoms with E-state index in [1.165, 1.54) is 25.7 Å². The van der Waals surface area contributed by atoms with Crippen LogP contribution in [0.15, 0.2) is 0 Å². The zero-order chi connectivity index (χ0) is 10.7. The zero-order valence-corrected chi connectivity index (χ0v) is 11.0. The summed E-state index contributed by atoms with van der Waals surface area (Å²) in [6.07, 6.45) is 6.14. The molecule has 0 spiro atoms. The van der Waals surface area contributed by atoms with Crippen molar-refractivity contribution in [2.24, 2.45) is 17.8 Å². The molecule has 0 aliphatic heterocycles. The van der Waals surface area contributed by atoms with Gasteiger partial charge in [0.05, 0.1) is 35.9 Å². The van der Waals surface area contributed by atoms with Crippen LogP contribution in [-0.2, 0) is 9.53 Å². The van der Waals surface area contributed by atoms with E-state index in [0.717, 1.165) is 24.4 Å². The highest BCUT2D eigenvalue weighted by molar-refractivity contribution is 14.1. The summed E-state index contributed by atoms with van der Waals surface area (Å²) < 4.78 is 8.15. The molecule has 1 amide bonds. The van der Waals surface area contributed by atoms with Gasteiger partial charge in [-0.3, -0.25) is 8.32 Å². The number of carbonyl (C=O) groups is 1. The predicted octanol–water partition coefficient (Wildman–Crippen LogP) is 2.30. The molecule has 2 aliphatic rings. The summed E-state index contributed by atoms with van der Waals surface area (Å²) in [6, 6.07) is 0. The van der Waals surface area contributed by atoms with Crippen LogP contribution in [0, 0.1) is 17.8 Å². The van der Waals surface area contributed by atoms with Crippen LogP contribution in [0.4, 0.5) is 0 Å². The fraction of sp³-hybridized carbons (Fsp3) is 0.909. The third-order valence-corrected chi connectivity index (χ3v) is 4.40. The number of carbonyl (C=O) groups excluding carboxylic acids is 1. The Hall–Kier alpha value is 0.160. The first kappa shape index (κ1) is 11.6. The van der Waals surface area contributed by atoms with Crippen molar-refractivity contribution in [1.29, 1.82) is 0 Å². The van der Waals surface area contributed by atoms with Gasteiger partial charge in [0, 0.05) is 6.61 Å². The topological polar surface area (TPSA) is 38.3 Å². The molecule has 0 aromatic rings. The molecule has 1 N–H and O–H groups in total. The van der Waals surface area contributed by atoms with E-state index < -0.39 is 0 Å². The van der Waals surface area contributed by atoms with E-state index in [9.17, 15) is 4.79 Å². The lowest BCUT2D eigenvalue weighted by Crippen LogP contribution is -2.19. The van der Waals surface area contributed by atoms with Crippen molar-refractivity contribution >= 4 is 28.8 Å². The Morgan fingerprint density at radius 2 is 2.27 bits per heavy atom. The smallest absolute Gasteiger partial charge is 0.230 e. The Balaban J connectivity index is 1.57. The van der Waals surface area contributed by atoms with Crippen LogP contribution < -0.4 is 3.53 Å². The van der Waals surface area contributed by atoms with Gasteiger partial charge < -0.3 is 4.74 Å². The quantitative estimate of drug-likeness (QED) is 0.479. The fourth-order valence-corrected chi connectivity index (χ4v) is 3.30. The summed E-state index contributed by atoms with van der Waals surface area (Å²) in [5, 5.41) is 0. The van der Waals surface area contributed by atoms with E-state index in [2.05, 4.69) is 3.53 Å². The van der Waals surface area contributed by atoms with Crippen LogP contribution in [0.3, 0.4) is 0 Å². The van der Waals surface area contributed by atoms with Gasteiger partial charge in [0.2, 0.25) is 5.91 Å². The van der Waals surface area contributed by atoms with Crippen LogP contribution >= 0.6 is 22.9 Å². The third-order valence-electron chi connectivity index (χ3n) is 3.80. The van der Waals surface area contributed by atoms with Crippen LogP contribution in [0.1, 0.15) is 32.1 Å². The maximum Gasteiger partial charge on any atom is 0.230 e. The lowest BCUT2D eigenvalue weighted by atomic mass is 9.90. The first-order valence-corrected chi connectivity index (χ1v) is 6.84. The molecular formula is C11H18INO2. The predicted molar refractivity (Wildman–Crippen MR) is 66.5 cm³/mol. The van der Waals surface area contributed by atoms with Gasteiger partial charge in [-0.15, -0.1) is 0 Å². The number of ether oxygens (including phenoxy) is 1. The highest BCUT2D eigenvalue weighted by Gasteiger charge is 2.39. The molecule has 0 aromatic heterocycles. The third kappa shape index (κ3) is 3.06. The average molecular weight is 323 g/mol. The molecule has 2 saturated carbocycles. The van der Waals surface area contributed by atoms with Gasteiger partial charge in [-0.25, -0.2) is 0 Å². The maximum absolute atomic E-state index is 10.9. The Bertz CT molecular complexity index is 235. The maximum atomic E-state index is 10.9. The first-order valence-electron chi connectivity index (χ1n) is 5.77. The fourth-order valence-electron chi connectivity index (χ4n) is 3.03. The molecule has 4 heteroatoms. The minimum Gasteiger partial charge on any atom is -0.381 e. The molecule has 3 unspecified atom stereocenters. The molecule has 86 valence electrons. The Labute approximate surface area is 105 Å². The van der Waals surface area contributed by atoms with Gasteiger partial charge in [0.25, 0.3) is 0 Å². The zero-order valence-electron chi connectivity index (χ0n) is 8.88. The van der Waals surface area contributed by atoms with Crippen molar-refractivity contribution in [2.45, 2.75) is 32.1 Å². The normalized spacial score (nSPS) is 33.3. The average Bonchev–Trinajstić information content (AvgIpc) is 2.85. The van der Waals surface area contributed by atoms with Crippen LogP contribution in [0.2, 0.25) is 0 Å². The monoisotopic (exact) mass is 323 g/mol. The van der Waals surface area contributed by atoms with Crippen molar-refractivity contribution in [3.8, 4) is 0 Å².